The Morgan fingerprint density at radius 2 is 0.689 bits per heavy atom. The Morgan fingerprint density at radius 3 is 0.852 bits per heavy atom. The van der Waals surface area contributed by atoms with Gasteiger partial charge in [0.15, 0.2) is 0 Å². The van der Waals surface area contributed by atoms with Crippen LogP contribution in [0.3, 0.4) is 0 Å². The third kappa shape index (κ3) is 20.9. The maximum atomic E-state index is 12.1. The molecule has 0 fully saturated rings. The number of ether oxygens (including phenoxy) is 4. The fourth-order valence-electron chi connectivity index (χ4n) is 4.85. The van der Waals surface area contributed by atoms with Gasteiger partial charge in [-0.1, -0.05) is 111 Å². The molecule has 0 aliphatic heterocycles. The quantitative estimate of drug-likeness (QED) is 0.0902. The monoisotopic (exact) mass is 951 g/mol. The summed E-state index contributed by atoms with van der Waals surface area (Å²) in [5, 5.41) is 56.8. The summed E-state index contributed by atoms with van der Waals surface area (Å²) < 4.78 is 20.1. The van der Waals surface area contributed by atoms with E-state index in [4.69, 9.17) is 24.4 Å². The van der Waals surface area contributed by atoms with E-state index < -0.39 is 0 Å². The number of isothiocyanates is 1. The van der Waals surface area contributed by atoms with E-state index in [1.807, 2.05) is 27.7 Å². The first kappa shape index (κ1) is 61.0. The van der Waals surface area contributed by atoms with Crippen LogP contribution >= 0.6 is 12.2 Å². The minimum absolute atomic E-state index is 0. The second-order valence-electron chi connectivity index (χ2n) is 13.8. The van der Waals surface area contributed by atoms with Gasteiger partial charge in [0.05, 0.1) is 28.4 Å². The molecule has 2 N–H and O–H groups in total. The number of methoxy groups -OCH3 is 4. The molecular weight excluding hydrogens is 903 g/mol. The van der Waals surface area contributed by atoms with Crippen LogP contribution in [0.15, 0.2) is 92.8 Å². The largest absolute Gasteiger partial charge is 2.00 e. The van der Waals surface area contributed by atoms with Gasteiger partial charge >= 0.3 is 62.5 Å². The number of nitrogens with zero attached hydrogens (tertiary/aromatic N) is 5. The SMILES string of the molecule is COc1cccc(C=NCC(C)(C)CN=Cc2cccc(OC)c2[O-])c1[O-].COc1cccc(C=NCC(C)(C)CN=Cc2cccc(OC)c2[O-])c1[O-].O.[N-]=C=S.[Na+].[Ni+2].[Ni+2]. The Hall–Kier alpha value is -4.29. The molecular formula is C43H50N5NaNi2O9S. The molecule has 4 aromatic carbocycles. The Bertz CT molecular complexity index is 1790. The van der Waals surface area contributed by atoms with Crippen LogP contribution in [0.4, 0.5) is 0 Å². The van der Waals surface area contributed by atoms with E-state index in [0.29, 0.717) is 71.4 Å². The number of para-hydroxylation sites is 4. The molecule has 0 heterocycles. The van der Waals surface area contributed by atoms with Crippen LogP contribution in [0, 0.1) is 10.8 Å². The molecule has 328 valence electrons. The molecule has 14 nitrogen and oxygen atoms in total. The molecule has 18 heteroatoms. The summed E-state index contributed by atoms with van der Waals surface area (Å²) >= 11 is 3.70. The summed E-state index contributed by atoms with van der Waals surface area (Å²) in [4.78, 5) is 17.5. The molecule has 0 aliphatic carbocycles. The van der Waals surface area contributed by atoms with Gasteiger partial charge in [-0.05, 0) is 46.5 Å². The zero-order chi connectivity index (χ0) is 42.4. The third-order valence-corrected chi connectivity index (χ3v) is 7.92. The van der Waals surface area contributed by atoms with Gasteiger partial charge < -0.3 is 50.3 Å². The summed E-state index contributed by atoms with van der Waals surface area (Å²) in [6.07, 6.45) is 6.25. The first-order valence-corrected chi connectivity index (χ1v) is 17.9. The van der Waals surface area contributed by atoms with E-state index in [0.717, 1.165) is 0 Å². The predicted octanol–water partition coefficient (Wildman–Crippen LogP) is 1.66. The van der Waals surface area contributed by atoms with E-state index in [9.17, 15) is 20.4 Å². The van der Waals surface area contributed by atoms with Crippen molar-refractivity contribution in [3.63, 3.8) is 0 Å². The summed E-state index contributed by atoms with van der Waals surface area (Å²) in [6.45, 7) is 10.0. The molecule has 0 saturated heterocycles. The average molecular weight is 953 g/mol. The van der Waals surface area contributed by atoms with Gasteiger partial charge in [-0.25, -0.2) is 0 Å². The Balaban J connectivity index is -0.000000975. The van der Waals surface area contributed by atoms with Crippen molar-refractivity contribution in [1.82, 2.24) is 0 Å². The van der Waals surface area contributed by atoms with Crippen LogP contribution in [0.2, 0.25) is 0 Å². The maximum absolute atomic E-state index is 12.1. The van der Waals surface area contributed by atoms with Crippen LogP contribution in [-0.4, -0.2) is 90.1 Å². The molecule has 4 rings (SSSR count). The first-order chi connectivity index (χ1) is 27.2. The smallest absolute Gasteiger partial charge is 0.870 e. The van der Waals surface area contributed by atoms with Crippen molar-refractivity contribution in [1.29, 1.82) is 0 Å². The fraction of sp³-hybridized carbons (Fsp3) is 0.326. The number of benzene rings is 4. The van der Waals surface area contributed by atoms with Crippen LogP contribution in [0.25, 0.3) is 5.41 Å². The van der Waals surface area contributed by atoms with E-state index in [2.05, 4.69) is 32.2 Å². The van der Waals surface area contributed by atoms with E-state index >= 15 is 0 Å². The van der Waals surface area contributed by atoms with Gasteiger partial charge in [0.2, 0.25) is 0 Å². The predicted molar refractivity (Wildman–Crippen MR) is 227 cm³/mol. The van der Waals surface area contributed by atoms with Crippen LogP contribution in [-0.2, 0) is 33.0 Å². The van der Waals surface area contributed by atoms with Gasteiger partial charge in [-0.2, -0.15) is 5.16 Å². The summed E-state index contributed by atoms with van der Waals surface area (Å²) in [5.74, 6) is 0.482. The molecule has 0 aromatic heterocycles. The van der Waals surface area contributed by atoms with Crippen LogP contribution < -0.4 is 68.9 Å². The molecule has 0 aliphatic rings. The minimum Gasteiger partial charge on any atom is -0.870 e. The van der Waals surface area contributed by atoms with Crippen molar-refractivity contribution in [3.8, 4) is 46.0 Å². The van der Waals surface area contributed by atoms with Gasteiger partial charge in [-0.3, -0.25) is 20.0 Å². The normalized spacial score (nSPS) is 10.8. The molecule has 0 atom stereocenters. The van der Waals surface area contributed by atoms with Crippen molar-refractivity contribution >= 4 is 42.2 Å². The van der Waals surface area contributed by atoms with Crippen LogP contribution in [0.5, 0.6) is 46.0 Å². The fourth-order valence-corrected chi connectivity index (χ4v) is 4.85. The zero-order valence-electron chi connectivity index (χ0n) is 35.6. The first-order valence-electron chi connectivity index (χ1n) is 17.5. The third-order valence-electron chi connectivity index (χ3n) is 7.92. The molecule has 0 unspecified atom stereocenters. The van der Waals surface area contributed by atoms with E-state index in [-0.39, 0.29) is 102 Å². The number of thiocarbonyl (C=S) groups is 1. The van der Waals surface area contributed by atoms with Crippen LogP contribution in [0.1, 0.15) is 49.9 Å². The summed E-state index contributed by atoms with van der Waals surface area (Å²) in [7, 11) is 5.87. The topological polar surface area (TPSA) is 232 Å². The van der Waals surface area contributed by atoms with Gasteiger partial charge in [0.1, 0.15) is 23.0 Å². The van der Waals surface area contributed by atoms with Gasteiger partial charge in [0, 0.05) is 61.9 Å². The molecule has 0 spiro atoms. The summed E-state index contributed by atoms with van der Waals surface area (Å²) in [6, 6.07) is 20.4. The molecule has 0 saturated carbocycles. The Kier molecular flexibility index (Phi) is 31.5. The van der Waals surface area contributed by atoms with Crippen molar-refractivity contribution in [2.75, 3.05) is 54.6 Å². The van der Waals surface area contributed by atoms with Crippen molar-refractivity contribution in [3.05, 3.63) is 100 Å². The van der Waals surface area contributed by atoms with Gasteiger partial charge in [0.25, 0.3) is 0 Å². The van der Waals surface area contributed by atoms with Crippen molar-refractivity contribution in [2.24, 2.45) is 30.8 Å². The molecule has 61 heavy (non-hydrogen) atoms. The maximum Gasteiger partial charge on any atom is 2.00 e. The van der Waals surface area contributed by atoms with E-state index in [1.165, 1.54) is 33.6 Å². The molecule has 0 radical (unpaired) electrons. The Labute approximate surface area is 406 Å². The molecule has 0 amide bonds. The Morgan fingerprint density at radius 1 is 0.508 bits per heavy atom. The van der Waals surface area contributed by atoms with E-state index in [1.54, 1.807) is 97.7 Å². The number of hydrogen-bond acceptors (Lipinski definition) is 13. The summed E-state index contributed by atoms with van der Waals surface area (Å²) in [5.41, 5.74) is 1.50. The number of aliphatic imine (C=N–C) groups is 4. The minimum atomic E-state index is -0.225. The molecule has 0 bridgehead atoms. The van der Waals surface area contributed by atoms with Gasteiger partial charge in [-0.15, -0.1) is 0 Å². The zero-order valence-corrected chi connectivity index (χ0v) is 40.4. The van der Waals surface area contributed by atoms with Crippen molar-refractivity contribution < 1.29 is 107 Å². The average Bonchev–Trinajstić information content (AvgIpc) is 3.18. The number of hydrogen-bond donors (Lipinski definition) is 0. The number of rotatable bonds is 16. The second-order valence-corrected chi connectivity index (χ2v) is 14.0. The molecule has 4 aromatic rings. The standard InChI is InChI=1S/2C21H26N2O4.CNS.Na.2Ni.H2O/c2*1-21(2,13-22-11-15-7-5-9-17(26-3)19(15)24)14-23-12-16-8-6-10-18(27-4)20(16)25;2-1-3;;;;/h2*5-12,24-25H,13-14H2,1-4H3;;;;;1H2/q;;-1;+1;2*+2;/p-4. The van der Waals surface area contributed by atoms with Crippen molar-refractivity contribution in [2.45, 2.75) is 27.7 Å². The second kappa shape index (κ2) is 31.5.